The average Bonchev–Trinajstić information content (AvgIpc) is 2.46. The Morgan fingerprint density at radius 1 is 0.950 bits per heavy atom. The van der Waals surface area contributed by atoms with Crippen molar-refractivity contribution in [3.05, 3.63) is 66.2 Å². The largest absolute Gasteiger partial charge is 0.370 e. The first-order valence-electron chi connectivity index (χ1n) is 6.50. The number of aryl methyl sites for hydroxylation is 1. The number of guanidine groups is 1. The van der Waals surface area contributed by atoms with E-state index in [0.29, 0.717) is 5.96 Å². The number of rotatable bonds is 5. The Kier molecular flexibility index (Phi) is 7.72. The van der Waals surface area contributed by atoms with Crippen molar-refractivity contribution >= 4 is 35.6 Å². The lowest BCUT2D eigenvalue weighted by molar-refractivity contribution is 0.832. The molecular weight excluding hydrogens is 361 g/mol. The molecule has 0 saturated heterocycles. The molecule has 2 rings (SSSR count). The molecular formula is C16H20IN3. The molecule has 0 aliphatic carbocycles. The fourth-order valence-electron chi connectivity index (χ4n) is 1.84. The molecule has 0 aliphatic heterocycles. The van der Waals surface area contributed by atoms with Gasteiger partial charge in [0.1, 0.15) is 0 Å². The van der Waals surface area contributed by atoms with E-state index < -0.39 is 0 Å². The molecule has 106 valence electrons. The second kappa shape index (κ2) is 9.36. The molecule has 2 aromatic rings. The predicted octanol–water partition coefficient (Wildman–Crippen LogP) is 3.66. The minimum atomic E-state index is 0. The van der Waals surface area contributed by atoms with E-state index in [1.54, 1.807) is 0 Å². The summed E-state index contributed by atoms with van der Waals surface area (Å²) in [5, 5.41) is 3.07. The average molecular weight is 381 g/mol. The highest BCUT2D eigenvalue weighted by atomic mass is 127. The summed E-state index contributed by atoms with van der Waals surface area (Å²) in [7, 11) is 0. The number of nitrogens with one attached hydrogen (secondary N) is 1. The maximum Gasteiger partial charge on any atom is 0.193 e. The van der Waals surface area contributed by atoms with Gasteiger partial charge in [0.2, 0.25) is 0 Å². The molecule has 0 aliphatic rings. The lowest BCUT2D eigenvalue weighted by Crippen LogP contribution is -2.22. The van der Waals surface area contributed by atoms with Gasteiger partial charge in [0, 0.05) is 12.2 Å². The van der Waals surface area contributed by atoms with Crippen LogP contribution in [0.1, 0.15) is 12.0 Å². The molecule has 0 aromatic heterocycles. The number of nitrogens with two attached hydrogens (primary N) is 1. The van der Waals surface area contributed by atoms with Gasteiger partial charge in [-0.15, -0.1) is 24.0 Å². The van der Waals surface area contributed by atoms with Crippen LogP contribution in [0.4, 0.5) is 5.69 Å². The third-order valence-electron chi connectivity index (χ3n) is 2.79. The van der Waals surface area contributed by atoms with Crippen LogP contribution in [0.25, 0.3) is 0 Å². The van der Waals surface area contributed by atoms with Crippen molar-refractivity contribution in [2.45, 2.75) is 12.8 Å². The first kappa shape index (κ1) is 16.5. The molecule has 0 amide bonds. The lowest BCUT2D eigenvalue weighted by Gasteiger charge is -2.05. The summed E-state index contributed by atoms with van der Waals surface area (Å²) in [5.41, 5.74) is 8.13. The van der Waals surface area contributed by atoms with Crippen molar-refractivity contribution in [2.24, 2.45) is 10.7 Å². The van der Waals surface area contributed by atoms with Crippen LogP contribution >= 0.6 is 24.0 Å². The monoisotopic (exact) mass is 381 g/mol. The maximum atomic E-state index is 5.82. The van der Waals surface area contributed by atoms with E-state index in [1.165, 1.54) is 5.56 Å². The Bertz CT molecular complexity index is 512. The summed E-state index contributed by atoms with van der Waals surface area (Å²) >= 11 is 0. The van der Waals surface area contributed by atoms with Crippen molar-refractivity contribution in [3.63, 3.8) is 0 Å². The molecule has 0 spiro atoms. The van der Waals surface area contributed by atoms with Gasteiger partial charge in [-0.2, -0.15) is 0 Å². The van der Waals surface area contributed by atoms with Gasteiger partial charge >= 0.3 is 0 Å². The zero-order chi connectivity index (χ0) is 13.3. The quantitative estimate of drug-likeness (QED) is 0.360. The van der Waals surface area contributed by atoms with Crippen LogP contribution in [-0.2, 0) is 6.42 Å². The van der Waals surface area contributed by atoms with Gasteiger partial charge in [-0.25, -0.2) is 0 Å². The smallest absolute Gasteiger partial charge is 0.193 e. The van der Waals surface area contributed by atoms with Gasteiger partial charge in [-0.3, -0.25) is 4.99 Å². The van der Waals surface area contributed by atoms with Crippen LogP contribution in [0.15, 0.2) is 65.7 Å². The van der Waals surface area contributed by atoms with Crippen molar-refractivity contribution in [1.82, 2.24) is 0 Å². The summed E-state index contributed by atoms with van der Waals surface area (Å²) in [5.74, 6) is 0.472. The number of para-hydroxylation sites is 1. The number of hydrogen-bond acceptors (Lipinski definition) is 1. The number of nitrogens with zero attached hydrogens (tertiary/aromatic N) is 1. The minimum absolute atomic E-state index is 0. The van der Waals surface area contributed by atoms with Crippen LogP contribution in [0.2, 0.25) is 0 Å². The first-order chi connectivity index (χ1) is 9.34. The zero-order valence-corrected chi connectivity index (χ0v) is 13.7. The van der Waals surface area contributed by atoms with Gasteiger partial charge in [0.25, 0.3) is 0 Å². The van der Waals surface area contributed by atoms with Crippen LogP contribution in [0, 0.1) is 0 Å². The van der Waals surface area contributed by atoms with Crippen molar-refractivity contribution in [2.75, 3.05) is 11.9 Å². The van der Waals surface area contributed by atoms with Crippen molar-refractivity contribution < 1.29 is 0 Å². The molecule has 0 radical (unpaired) electrons. The molecule has 20 heavy (non-hydrogen) atoms. The molecule has 0 atom stereocenters. The molecule has 3 nitrogen and oxygen atoms in total. The summed E-state index contributed by atoms with van der Waals surface area (Å²) in [6.07, 6.45) is 2.03. The topological polar surface area (TPSA) is 50.4 Å². The second-order valence-corrected chi connectivity index (χ2v) is 4.35. The summed E-state index contributed by atoms with van der Waals surface area (Å²) < 4.78 is 0. The molecule has 3 N–H and O–H groups in total. The fourth-order valence-corrected chi connectivity index (χ4v) is 1.84. The van der Waals surface area contributed by atoms with Gasteiger partial charge in [-0.05, 0) is 30.5 Å². The van der Waals surface area contributed by atoms with E-state index in [-0.39, 0.29) is 24.0 Å². The number of hydrogen-bond donors (Lipinski definition) is 2. The molecule has 0 heterocycles. The standard InChI is InChI=1S/C16H19N3.HI/c17-16(19-15-11-5-2-6-12-15)18-13-7-10-14-8-3-1-4-9-14;/h1-6,8-9,11-12H,7,10,13H2,(H3,17,18,19);1H. The van der Waals surface area contributed by atoms with Crippen LogP contribution < -0.4 is 11.1 Å². The first-order valence-corrected chi connectivity index (χ1v) is 6.50. The third-order valence-corrected chi connectivity index (χ3v) is 2.79. The highest BCUT2D eigenvalue weighted by Gasteiger charge is 1.94. The summed E-state index contributed by atoms with van der Waals surface area (Å²) in [6.45, 7) is 0.737. The Hall–Kier alpha value is -1.56. The SMILES string of the molecule is I.NC(=NCCCc1ccccc1)Nc1ccccc1. The third kappa shape index (κ3) is 6.06. The van der Waals surface area contributed by atoms with Crippen LogP contribution in [0.3, 0.4) is 0 Å². The molecule has 4 heteroatoms. The van der Waals surface area contributed by atoms with E-state index in [9.17, 15) is 0 Å². The Morgan fingerprint density at radius 2 is 1.55 bits per heavy atom. The Morgan fingerprint density at radius 3 is 2.20 bits per heavy atom. The van der Waals surface area contributed by atoms with Crippen molar-refractivity contribution in [3.8, 4) is 0 Å². The highest BCUT2D eigenvalue weighted by molar-refractivity contribution is 14.0. The Balaban J connectivity index is 0.00000200. The normalized spacial score (nSPS) is 10.7. The van der Waals surface area contributed by atoms with Crippen molar-refractivity contribution in [1.29, 1.82) is 0 Å². The fraction of sp³-hybridized carbons (Fsp3) is 0.188. The molecule has 0 fully saturated rings. The molecule has 2 aromatic carbocycles. The zero-order valence-electron chi connectivity index (χ0n) is 11.3. The van der Waals surface area contributed by atoms with Gasteiger partial charge in [-0.1, -0.05) is 48.5 Å². The highest BCUT2D eigenvalue weighted by Crippen LogP contribution is 2.04. The maximum absolute atomic E-state index is 5.82. The van der Waals surface area contributed by atoms with Gasteiger partial charge in [0.15, 0.2) is 5.96 Å². The van der Waals surface area contributed by atoms with Gasteiger partial charge in [0.05, 0.1) is 0 Å². The van der Waals surface area contributed by atoms with E-state index in [4.69, 9.17) is 5.73 Å². The van der Waals surface area contributed by atoms with Crippen LogP contribution in [0.5, 0.6) is 0 Å². The Labute approximate surface area is 137 Å². The number of aliphatic imine (C=N–C) groups is 1. The molecule has 0 bridgehead atoms. The summed E-state index contributed by atoms with van der Waals surface area (Å²) in [6, 6.07) is 20.2. The van der Waals surface area contributed by atoms with E-state index >= 15 is 0 Å². The van der Waals surface area contributed by atoms with Crippen LogP contribution in [-0.4, -0.2) is 12.5 Å². The summed E-state index contributed by atoms with van der Waals surface area (Å²) in [4.78, 5) is 4.32. The number of halogens is 1. The molecule has 0 unspecified atom stereocenters. The van der Waals surface area contributed by atoms with E-state index in [0.717, 1.165) is 25.1 Å². The minimum Gasteiger partial charge on any atom is -0.370 e. The van der Waals surface area contributed by atoms with Gasteiger partial charge < -0.3 is 11.1 Å². The number of anilines is 1. The lowest BCUT2D eigenvalue weighted by atomic mass is 10.1. The second-order valence-electron chi connectivity index (χ2n) is 4.35. The molecule has 0 saturated carbocycles. The number of benzene rings is 2. The predicted molar refractivity (Wildman–Crippen MR) is 96.7 cm³/mol. The van der Waals surface area contributed by atoms with E-state index in [2.05, 4.69) is 34.6 Å². The van der Waals surface area contributed by atoms with E-state index in [1.807, 2.05) is 36.4 Å².